The Hall–Kier alpha value is -1.29. The van der Waals surface area contributed by atoms with Gasteiger partial charge in [0.25, 0.3) is 0 Å². The lowest BCUT2D eigenvalue weighted by Crippen LogP contribution is -1.91. The second-order valence-electron chi connectivity index (χ2n) is 3.83. The fourth-order valence-corrected chi connectivity index (χ4v) is 2.40. The van der Waals surface area contributed by atoms with Crippen molar-refractivity contribution in [1.29, 1.82) is 0 Å². The average Bonchev–Trinajstić information content (AvgIpc) is 2.66. The standard InChI is InChI=1S/C12H11F2NS/c1-7(2)10-6-16-12(15-10)11-8(13)4-3-5-9(11)14/h3-7H,1-2H3. The Balaban J connectivity index is 2.50. The zero-order valence-electron chi connectivity index (χ0n) is 9.00. The van der Waals surface area contributed by atoms with E-state index in [1.54, 1.807) is 0 Å². The normalized spacial score (nSPS) is 11.1. The molecule has 1 nitrogen and oxygen atoms in total. The minimum absolute atomic E-state index is 0.0283. The predicted molar refractivity (Wildman–Crippen MR) is 61.6 cm³/mol. The van der Waals surface area contributed by atoms with Gasteiger partial charge in [-0.2, -0.15) is 0 Å². The molecule has 0 amide bonds. The molecular weight excluding hydrogens is 228 g/mol. The minimum Gasteiger partial charge on any atom is -0.241 e. The Kier molecular flexibility index (Phi) is 3.01. The van der Waals surface area contributed by atoms with Crippen LogP contribution in [0.1, 0.15) is 25.5 Å². The summed E-state index contributed by atoms with van der Waals surface area (Å²) < 4.78 is 26.9. The monoisotopic (exact) mass is 239 g/mol. The second-order valence-corrected chi connectivity index (χ2v) is 4.69. The fraction of sp³-hybridized carbons (Fsp3) is 0.250. The van der Waals surface area contributed by atoms with Crippen molar-refractivity contribution in [1.82, 2.24) is 4.98 Å². The number of rotatable bonds is 2. The molecule has 0 atom stereocenters. The van der Waals surface area contributed by atoms with E-state index in [2.05, 4.69) is 4.98 Å². The molecule has 2 rings (SSSR count). The Morgan fingerprint density at radius 2 is 1.81 bits per heavy atom. The third-order valence-corrected chi connectivity index (χ3v) is 3.17. The van der Waals surface area contributed by atoms with Crippen molar-refractivity contribution in [3.8, 4) is 10.6 Å². The highest BCUT2D eigenvalue weighted by Crippen LogP contribution is 2.30. The molecule has 84 valence electrons. The number of hydrogen-bond acceptors (Lipinski definition) is 2. The van der Waals surface area contributed by atoms with Crippen molar-refractivity contribution in [2.24, 2.45) is 0 Å². The molecule has 0 radical (unpaired) electrons. The second kappa shape index (κ2) is 4.29. The first kappa shape index (κ1) is 11.2. The maximum Gasteiger partial charge on any atom is 0.136 e. The van der Waals surface area contributed by atoms with Crippen LogP contribution >= 0.6 is 11.3 Å². The minimum atomic E-state index is -0.565. The summed E-state index contributed by atoms with van der Waals surface area (Å²) in [5.74, 6) is -0.867. The van der Waals surface area contributed by atoms with E-state index in [9.17, 15) is 8.78 Å². The first-order valence-electron chi connectivity index (χ1n) is 4.99. The van der Waals surface area contributed by atoms with Gasteiger partial charge in [-0.05, 0) is 18.1 Å². The van der Waals surface area contributed by atoms with Crippen molar-refractivity contribution in [3.63, 3.8) is 0 Å². The molecular formula is C12H11F2NS. The molecule has 16 heavy (non-hydrogen) atoms. The van der Waals surface area contributed by atoms with Crippen LogP contribution in [0, 0.1) is 11.6 Å². The van der Waals surface area contributed by atoms with Gasteiger partial charge in [-0.25, -0.2) is 13.8 Å². The summed E-state index contributed by atoms with van der Waals surface area (Å²) in [5, 5.41) is 2.24. The number of nitrogens with zero attached hydrogens (tertiary/aromatic N) is 1. The molecule has 0 saturated heterocycles. The van der Waals surface area contributed by atoms with Crippen LogP contribution in [-0.4, -0.2) is 4.98 Å². The topological polar surface area (TPSA) is 12.9 Å². The van der Waals surface area contributed by atoms with Crippen molar-refractivity contribution in [2.45, 2.75) is 19.8 Å². The SMILES string of the molecule is CC(C)c1csc(-c2c(F)cccc2F)n1. The number of hydrogen-bond donors (Lipinski definition) is 0. The Bertz CT molecular complexity index is 485. The van der Waals surface area contributed by atoms with E-state index in [0.717, 1.165) is 5.69 Å². The summed E-state index contributed by atoms with van der Waals surface area (Å²) >= 11 is 1.27. The van der Waals surface area contributed by atoms with Crippen LogP contribution in [0.4, 0.5) is 8.78 Å². The molecule has 1 aromatic heterocycles. The Labute approximate surface area is 96.8 Å². The number of aromatic nitrogens is 1. The number of thiazole rings is 1. The van der Waals surface area contributed by atoms with E-state index in [1.807, 2.05) is 19.2 Å². The summed E-state index contributed by atoms with van der Waals surface area (Å²) in [6.45, 7) is 3.99. The van der Waals surface area contributed by atoms with E-state index in [0.29, 0.717) is 5.01 Å². The molecule has 0 fully saturated rings. The molecule has 0 aliphatic rings. The van der Waals surface area contributed by atoms with Gasteiger partial charge < -0.3 is 0 Å². The van der Waals surface area contributed by atoms with E-state index in [1.165, 1.54) is 29.5 Å². The quantitative estimate of drug-likeness (QED) is 0.765. The maximum atomic E-state index is 13.5. The summed E-state index contributed by atoms with van der Waals surface area (Å²) in [6, 6.07) is 3.84. The van der Waals surface area contributed by atoms with Gasteiger partial charge in [-0.3, -0.25) is 0 Å². The van der Waals surface area contributed by atoms with E-state index >= 15 is 0 Å². The lowest BCUT2D eigenvalue weighted by Gasteiger charge is -2.01. The maximum absolute atomic E-state index is 13.5. The summed E-state index contributed by atoms with van der Waals surface area (Å²) in [6.07, 6.45) is 0. The van der Waals surface area contributed by atoms with Gasteiger partial charge in [-0.15, -0.1) is 11.3 Å². The van der Waals surface area contributed by atoms with Gasteiger partial charge in [-0.1, -0.05) is 19.9 Å². The van der Waals surface area contributed by atoms with Crippen LogP contribution in [-0.2, 0) is 0 Å². The average molecular weight is 239 g/mol. The zero-order valence-corrected chi connectivity index (χ0v) is 9.81. The highest BCUT2D eigenvalue weighted by Gasteiger charge is 2.15. The van der Waals surface area contributed by atoms with Gasteiger partial charge in [0.1, 0.15) is 16.6 Å². The number of halogens is 2. The molecule has 0 unspecified atom stereocenters. The summed E-state index contributed by atoms with van der Waals surface area (Å²) in [4.78, 5) is 4.24. The molecule has 0 aliphatic heterocycles. The third-order valence-electron chi connectivity index (χ3n) is 2.29. The lowest BCUT2D eigenvalue weighted by molar-refractivity contribution is 0.589. The molecule has 0 aliphatic carbocycles. The first-order valence-corrected chi connectivity index (χ1v) is 5.87. The Morgan fingerprint density at radius 3 is 2.31 bits per heavy atom. The van der Waals surface area contributed by atoms with Crippen molar-refractivity contribution in [3.05, 3.63) is 40.9 Å². The zero-order chi connectivity index (χ0) is 11.7. The molecule has 0 spiro atoms. The van der Waals surface area contributed by atoms with Gasteiger partial charge in [0.15, 0.2) is 0 Å². The summed E-state index contributed by atoms with van der Waals surface area (Å²) in [7, 11) is 0. The molecule has 1 heterocycles. The van der Waals surface area contributed by atoms with E-state index in [4.69, 9.17) is 0 Å². The molecule has 1 aromatic carbocycles. The largest absolute Gasteiger partial charge is 0.241 e. The van der Waals surface area contributed by atoms with Gasteiger partial charge in [0.05, 0.1) is 11.3 Å². The lowest BCUT2D eigenvalue weighted by atomic mass is 10.1. The predicted octanol–water partition coefficient (Wildman–Crippen LogP) is 4.21. The van der Waals surface area contributed by atoms with Crippen molar-refractivity contribution >= 4 is 11.3 Å². The van der Waals surface area contributed by atoms with Gasteiger partial charge in [0, 0.05) is 5.38 Å². The molecule has 0 bridgehead atoms. The van der Waals surface area contributed by atoms with Gasteiger partial charge >= 0.3 is 0 Å². The van der Waals surface area contributed by atoms with Crippen LogP contribution in [0.3, 0.4) is 0 Å². The van der Waals surface area contributed by atoms with E-state index in [-0.39, 0.29) is 11.5 Å². The first-order chi connectivity index (χ1) is 7.59. The Morgan fingerprint density at radius 1 is 1.19 bits per heavy atom. The van der Waals surface area contributed by atoms with E-state index < -0.39 is 11.6 Å². The molecule has 0 N–H and O–H groups in total. The highest BCUT2D eigenvalue weighted by atomic mass is 32.1. The van der Waals surface area contributed by atoms with Crippen LogP contribution in [0.15, 0.2) is 23.6 Å². The smallest absolute Gasteiger partial charge is 0.136 e. The summed E-state index contributed by atoms with van der Waals surface area (Å²) in [5.41, 5.74) is 0.835. The molecule has 2 aromatic rings. The van der Waals surface area contributed by atoms with Gasteiger partial charge in [0.2, 0.25) is 0 Å². The fourth-order valence-electron chi connectivity index (χ4n) is 1.37. The molecule has 4 heteroatoms. The van der Waals surface area contributed by atoms with Crippen molar-refractivity contribution in [2.75, 3.05) is 0 Å². The molecule has 0 saturated carbocycles. The van der Waals surface area contributed by atoms with Crippen LogP contribution < -0.4 is 0 Å². The van der Waals surface area contributed by atoms with Crippen LogP contribution in [0.25, 0.3) is 10.6 Å². The number of benzene rings is 1. The third kappa shape index (κ3) is 1.97. The van der Waals surface area contributed by atoms with Crippen LogP contribution in [0.5, 0.6) is 0 Å². The van der Waals surface area contributed by atoms with Crippen LogP contribution in [0.2, 0.25) is 0 Å². The van der Waals surface area contributed by atoms with Crippen molar-refractivity contribution < 1.29 is 8.78 Å². The highest BCUT2D eigenvalue weighted by molar-refractivity contribution is 7.13.